The molecular weight excluding hydrogens is 409 g/mol. The molecule has 8 heteroatoms. The molecule has 1 aromatic heterocycles. The Balaban J connectivity index is 2.09. The van der Waals surface area contributed by atoms with Gasteiger partial charge < -0.3 is 14.8 Å². The summed E-state index contributed by atoms with van der Waals surface area (Å²) in [6, 6.07) is 4.75. The number of carbonyl (C=O) groups is 2. The van der Waals surface area contributed by atoms with Crippen molar-refractivity contribution in [3.8, 4) is 5.75 Å². The number of ether oxygens (including phenoxy) is 2. The Morgan fingerprint density at radius 3 is 2.63 bits per heavy atom. The summed E-state index contributed by atoms with van der Waals surface area (Å²) in [6.07, 6.45) is 0.720. The molecule has 1 aromatic carbocycles. The average molecular weight is 430 g/mol. The van der Waals surface area contributed by atoms with E-state index in [2.05, 4.69) is 19.2 Å². The average Bonchev–Trinajstić information content (AvgIpc) is 2.95. The van der Waals surface area contributed by atoms with Crippen LogP contribution in [0.4, 0.5) is 5.00 Å². The maximum Gasteiger partial charge on any atom is 0.341 e. The van der Waals surface area contributed by atoms with E-state index in [0.29, 0.717) is 32.3 Å². The monoisotopic (exact) mass is 429 g/mol. The molecule has 0 saturated carbocycles. The summed E-state index contributed by atoms with van der Waals surface area (Å²) >= 11 is 13.2. The van der Waals surface area contributed by atoms with Gasteiger partial charge in [-0.2, -0.15) is 0 Å². The normalized spacial score (nSPS) is 10.7. The maximum absolute atomic E-state index is 12.3. The van der Waals surface area contributed by atoms with Gasteiger partial charge in [0.05, 0.1) is 17.2 Å². The fourth-order valence-corrected chi connectivity index (χ4v) is 3.84. The zero-order valence-electron chi connectivity index (χ0n) is 15.3. The van der Waals surface area contributed by atoms with Crippen molar-refractivity contribution in [3.05, 3.63) is 44.8 Å². The number of hydrogen-bond acceptors (Lipinski definition) is 5. The Morgan fingerprint density at radius 1 is 1.26 bits per heavy atom. The second-order valence-corrected chi connectivity index (χ2v) is 7.92. The Bertz CT molecular complexity index is 820. The van der Waals surface area contributed by atoms with E-state index in [0.717, 1.165) is 12.0 Å². The van der Waals surface area contributed by atoms with Crippen molar-refractivity contribution in [1.82, 2.24) is 0 Å². The van der Waals surface area contributed by atoms with Crippen LogP contribution < -0.4 is 10.1 Å². The Morgan fingerprint density at radius 2 is 2.00 bits per heavy atom. The van der Waals surface area contributed by atoms with Gasteiger partial charge in [-0.1, -0.05) is 37.0 Å². The van der Waals surface area contributed by atoms with E-state index >= 15 is 0 Å². The van der Waals surface area contributed by atoms with Gasteiger partial charge >= 0.3 is 5.97 Å². The summed E-state index contributed by atoms with van der Waals surface area (Å²) in [7, 11) is 0. The van der Waals surface area contributed by atoms with E-state index in [9.17, 15) is 9.59 Å². The van der Waals surface area contributed by atoms with Crippen LogP contribution in [-0.4, -0.2) is 25.1 Å². The van der Waals surface area contributed by atoms with Crippen LogP contribution in [0.3, 0.4) is 0 Å². The summed E-state index contributed by atoms with van der Waals surface area (Å²) in [5.41, 5.74) is 1.28. The minimum Gasteiger partial charge on any atom is -0.482 e. The zero-order valence-corrected chi connectivity index (χ0v) is 17.6. The van der Waals surface area contributed by atoms with Crippen LogP contribution in [0, 0.1) is 5.92 Å². The van der Waals surface area contributed by atoms with Crippen LogP contribution in [-0.2, 0) is 16.0 Å². The third-order valence-electron chi connectivity index (χ3n) is 3.48. The summed E-state index contributed by atoms with van der Waals surface area (Å²) in [5.74, 6) is -0.115. The third-order valence-corrected chi connectivity index (χ3v) is 4.96. The van der Waals surface area contributed by atoms with Crippen molar-refractivity contribution in [1.29, 1.82) is 0 Å². The second-order valence-electron chi connectivity index (χ2n) is 6.20. The number of hydrogen-bond donors (Lipinski definition) is 1. The van der Waals surface area contributed by atoms with Gasteiger partial charge in [-0.25, -0.2) is 4.79 Å². The van der Waals surface area contributed by atoms with Crippen molar-refractivity contribution in [3.63, 3.8) is 0 Å². The Labute approximate surface area is 172 Å². The second kappa shape index (κ2) is 9.97. The highest BCUT2D eigenvalue weighted by Crippen LogP contribution is 2.31. The molecule has 0 fully saturated rings. The summed E-state index contributed by atoms with van der Waals surface area (Å²) < 4.78 is 10.6. The molecule has 0 aliphatic rings. The first kappa shape index (κ1) is 21.5. The first-order valence-electron chi connectivity index (χ1n) is 8.47. The van der Waals surface area contributed by atoms with Crippen LogP contribution in [0.1, 0.15) is 36.7 Å². The largest absolute Gasteiger partial charge is 0.482 e. The number of esters is 1. The molecule has 5 nitrogen and oxygen atoms in total. The first-order chi connectivity index (χ1) is 12.8. The number of benzene rings is 1. The molecule has 0 aliphatic carbocycles. The topological polar surface area (TPSA) is 64.6 Å². The predicted molar refractivity (Wildman–Crippen MR) is 109 cm³/mol. The van der Waals surface area contributed by atoms with Crippen LogP contribution >= 0.6 is 34.5 Å². The van der Waals surface area contributed by atoms with E-state index in [-0.39, 0.29) is 13.2 Å². The fraction of sp³-hybridized carbons (Fsp3) is 0.368. The standard InChI is InChI=1S/C19H21Cl2NO4S/c1-4-25-19(24)17-12(7-11(2)3)10-27-18(17)22-16(23)9-26-15-6-5-13(20)8-14(15)21/h5-6,8,10-11H,4,7,9H2,1-3H3,(H,22,23). The molecule has 0 radical (unpaired) electrons. The lowest BCUT2D eigenvalue weighted by Gasteiger charge is -2.11. The predicted octanol–water partition coefficient (Wildman–Crippen LogP) is 5.45. The number of nitrogens with one attached hydrogen (secondary N) is 1. The molecule has 0 atom stereocenters. The number of thiophene rings is 1. The van der Waals surface area contributed by atoms with Crippen molar-refractivity contribution in [2.24, 2.45) is 5.92 Å². The number of carbonyl (C=O) groups excluding carboxylic acids is 2. The van der Waals surface area contributed by atoms with Crippen LogP contribution in [0.2, 0.25) is 10.0 Å². The quantitative estimate of drug-likeness (QED) is 0.566. The van der Waals surface area contributed by atoms with Crippen molar-refractivity contribution >= 4 is 51.4 Å². The number of halogens is 2. The molecule has 2 rings (SSSR count). The lowest BCUT2D eigenvalue weighted by molar-refractivity contribution is -0.118. The van der Waals surface area contributed by atoms with Crippen molar-refractivity contribution in [2.45, 2.75) is 27.2 Å². The van der Waals surface area contributed by atoms with Gasteiger partial charge in [-0.15, -0.1) is 11.3 Å². The summed E-state index contributed by atoms with van der Waals surface area (Å²) in [6.45, 7) is 5.89. The molecule has 0 unspecified atom stereocenters. The van der Waals surface area contributed by atoms with Gasteiger partial charge in [0.1, 0.15) is 10.8 Å². The van der Waals surface area contributed by atoms with E-state index < -0.39 is 11.9 Å². The molecule has 0 saturated heterocycles. The highest BCUT2D eigenvalue weighted by molar-refractivity contribution is 7.15. The maximum atomic E-state index is 12.3. The van der Waals surface area contributed by atoms with E-state index in [1.54, 1.807) is 19.1 Å². The molecule has 0 bridgehead atoms. The smallest absolute Gasteiger partial charge is 0.341 e. The third kappa shape index (κ3) is 6.13. The molecular formula is C19H21Cl2NO4S. The summed E-state index contributed by atoms with van der Waals surface area (Å²) in [4.78, 5) is 24.6. The molecule has 0 aliphatic heterocycles. The Hall–Kier alpha value is -1.76. The van der Waals surface area contributed by atoms with Crippen molar-refractivity contribution in [2.75, 3.05) is 18.5 Å². The molecule has 1 amide bonds. The summed E-state index contributed by atoms with van der Waals surface area (Å²) in [5, 5.41) is 5.86. The minimum absolute atomic E-state index is 0.249. The van der Waals surface area contributed by atoms with Crippen LogP contribution in [0.25, 0.3) is 0 Å². The minimum atomic E-state index is -0.439. The number of rotatable bonds is 8. The lowest BCUT2D eigenvalue weighted by Crippen LogP contribution is -2.21. The molecule has 1 heterocycles. The Kier molecular flexibility index (Phi) is 7.95. The molecule has 1 N–H and O–H groups in total. The van der Waals surface area contributed by atoms with Gasteiger partial charge in [-0.05, 0) is 48.4 Å². The first-order valence-corrected chi connectivity index (χ1v) is 10.1. The lowest BCUT2D eigenvalue weighted by atomic mass is 10.0. The number of anilines is 1. The SMILES string of the molecule is CCOC(=O)c1c(CC(C)C)csc1NC(=O)COc1ccc(Cl)cc1Cl. The molecule has 0 spiro atoms. The highest BCUT2D eigenvalue weighted by atomic mass is 35.5. The fourth-order valence-electron chi connectivity index (χ4n) is 2.40. The zero-order chi connectivity index (χ0) is 20.0. The van der Waals surface area contributed by atoms with Gasteiger partial charge in [0.15, 0.2) is 6.61 Å². The van der Waals surface area contributed by atoms with Gasteiger partial charge in [0, 0.05) is 5.02 Å². The molecule has 27 heavy (non-hydrogen) atoms. The van der Waals surface area contributed by atoms with Crippen LogP contribution in [0.5, 0.6) is 5.75 Å². The highest BCUT2D eigenvalue weighted by Gasteiger charge is 2.22. The van der Waals surface area contributed by atoms with Crippen LogP contribution in [0.15, 0.2) is 23.6 Å². The van der Waals surface area contributed by atoms with Crippen molar-refractivity contribution < 1.29 is 19.1 Å². The number of amides is 1. The van der Waals surface area contributed by atoms with E-state index in [1.165, 1.54) is 17.4 Å². The van der Waals surface area contributed by atoms with Gasteiger partial charge in [0.25, 0.3) is 5.91 Å². The molecule has 2 aromatic rings. The van der Waals surface area contributed by atoms with Gasteiger partial charge in [-0.3, -0.25) is 4.79 Å². The van der Waals surface area contributed by atoms with Gasteiger partial charge in [0.2, 0.25) is 0 Å². The van der Waals surface area contributed by atoms with E-state index in [1.807, 2.05) is 5.38 Å². The van der Waals surface area contributed by atoms with E-state index in [4.69, 9.17) is 32.7 Å². The molecule has 146 valence electrons.